The molecule has 0 saturated heterocycles. The van der Waals surface area contributed by atoms with E-state index in [4.69, 9.17) is 9.47 Å². The number of hydrogen-bond donors (Lipinski definition) is 2. The van der Waals surface area contributed by atoms with Crippen molar-refractivity contribution >= 4 is 23.1 Å². The minimum atomic E-state index is 0.0404. The predicted molar refractivity (Wildman–Crippen MR) is 102 cm³/mol. The predicted octanol–water partition coefficient (Wildman–Crippen LogP) is 3.76. The van der Waals surface area contributed by atoms with Gasteiger partial charge in [0, 0.05) is 23.9 Å². The average molecular weight is 362 g/mol. The number of nitrogens with zero attached hydrogens (tertiary/aromatic N) is 2. The molecule has 2 heterocycles. The lowest BCUT2D eigenvalue weighted by Gasteiger charge is -2.09. The first-order chi connectivity index (χ1) is 13.2. The van der Waals surface area contributed by atoms with E-state index < -0.39 is 0 Å². The molecule has 7 heteroatoms. The van der Waals surface area contributed by atoms with Crippen LogP contribution in [0.1, 0.15) is 22.8 Å². The molecule has 0 bridgehead atoms. The maximum absolute atomic E-state index is 11.3. The molecule has 0 spiro atoms. The number of fused-ring (bicyclic) bond motifs is 1. The van der Waals surface area contributed by atoms with E-state index in [0.29, 0.717) is 23.7 Å². The fourth-order valence-corrected chi connectivity index (χ4v) is 2.70. The maximum atomic E-state index is 11.3. The minimum Gasteiger partial charge on any atom is -0.454 e. The van der Waals surface area contributed by atoms with Gasteiger partial charge >= 0.3 is 0 Å². The van der Waals surface area contributed by atoms with Crippen molar-refractivity contribution in [3.05, 3.63) is 66.0 Å². The minimum absolute atomic E-state index is 0.0404. The van der Waals surface area contributed by atoms with E-state index in [9.17, 15) is 4.79 Å². The van der Waals surface area contributed by atoms with Crippen molar-refractivity contribution in [1.82, 2.24) is 9.97 Å². The van der Waals surface area contributed by atoms with Gasteiger partial charge in [0.2, 0.25) is 6.79 Å². The number of hydrogen-bond acceptors (Lipinski definition) is 7. The highest BCUT2D eigenvalue weighted by atomic mass is 16.7. The van der Waals surface area contributed by atoms with E-state index >= 15 is 0 Å². The van der Waals surface area contributed by atoms with Crippen LogP contribution < -0.4 is 20.1 Å². The molecule has 2 aromatic carbocycles. The summed E-state index contributed by atoms with van der Waals surface area (Å²) in [7, 11) is 0. The van der Waals surface area contributed by atoms with E-state index in [0.717, 1.165) is 22.7 Å². The second-order valence-corrected chi connectivity index (χ2v) is 6.09. The largest absolute Gasteiger partial charge is 0.454 e. The number of anilines is 3. The highest BCUT2D eigenvalue weighted by Crippen LogP contribution is 2.32. The summed E-state index contributed by atoms with van der Waals surface area (Å²) in [6.07, 6.45) is 1.49. The summed E-state index contributed by atoms with van der Waals surface area (Å²) in [6.45, 7) is 2.41. The molecule has 1 aromatic heterocycles. The second-order valence-electron chi connectivity index (χ2n) is 6.09. The Kier molecular flexibility index (Phi) is 4.57. The quantitative estimate of drug-likeness (QED) is 0.646. The van der Waals surface area contributed by atoms with Crippen LogP contribution in [0.5, 0.6) is 11.5 Å². The van der Waals surface area contributed by atoms with Crippen molar-refractivity contribution in [2.45, 2.75) is 13.5 Å². The zero-order chi connectivity index (χ0) is 18.6. The van der Waals surface area contributed by atoms with Crippen LogP contribution in [0.25, 0.3) is 0 Å². The summed E-state index contributed by atoms with van der Waals surface area (Å²) in [5, 5.41) is 6.47. The summed E-state index contributed by atoms with van der Waals surface area (Å²) >= 11 is 0. The number of benzene rings is 2. The number of Topliss-reactive ketones (excluding diaryl/α,β-unsaturated/α-hetero) is 1. The van der Waals surface area contributed by atoms with Gasteiger partial charge in [-0.05, 0) is 48.9 Å². The number of ketones is 1. The smallest absolute Gasteiger partial charge is 0.231 e. The van der Waals surface area contributed by atoms with Gasteiger partial charge in [0.25, 0.3) is 0 Å². The van der Waals surface area contributed by atoms with Crippen LogP contribution in [0.4, 0.5) is 17.3 Å². The number of aromatic nitrogens is 2. The lowest BCUT2D eigenvalue weighted by molar-refractivity contribution is 0.101. The average Bonchev–Trinajstić information content (AvgIpc) is 3.15. The fraction of sp³-hybridized carbons (Fsp3) is 0.150. The zero-order valence-corrected chi connectivity index (χ0v) is 14.7. The Balaban J connectivity index is 1.40. The highest BCUT2D eigenvalue weighted by molar-refractivity contribution is 5.94. The molecule has 4 rings (SSSR count). The van der Waals surface area contributed by atoms with Gasteiger partial charge in [-0.1, -0.05) is 6.07 Å². The molecular formula is C20H18N4O3. The molecule has 27 heavy (non-hydrogen) atoms. The standard InChI is InChI=1S/C20H18N4O3/c1-13(25)15-3-5-16(6-4-15)24-20-9-19(22-11-23-20)21-10-14-2-7-17-18(8-14)27-12-26-17/h2-9,11H,10,12H2,1H3,(H2,21,22,23,24). The number of ether oxygens (including phenoxy) is 2. The first kappa shape index (κ1) is 16.8. The molecule has 7 nitrogen and oxygen atoms in total. The van der Waals surface area contributed by atoms with E-state index in [-0.39, 0.29) is 12.6 Å². The van der Waals surface area contributed by atoms with Crippen LogP contribution in [-0.2, 0) is 6.54 Å². The molecule has 0 aliphatic carbocycles. The molecule has 0 radical (unpaired) electrons. The molecule has 0 saturated carbocycles. The molecule has 3 aromatic rings. The van der Waals surface area contributed by atoms with Crippen LogP contribution in [0.3, 0.4) is 0 Å². The number of rotatable bonds is 6. The van der Waals surface area contributed by atoms with Crippen molar-refractivity contribution in [1.29, 1.82) is 0 Å². The van der Waals surface area contributed by atoms with Gasteiger partial charge in [0.05, 0.1) is 0 Å². The number of nitrogens with one attached hydrogen (secondary N) is 2. The van der Waals surface area contributed by atoms with Gasteiger partial charge in [-0.25, -0.2) is 9.97 Å². The van der Waals surface area contributed by atoms with Gasteiger partial charge in [-0.15, -0.1) is 0 Å². The summed E-state index contributed by atoms with van der Waals surface area (Å²) < 4.78 is 10.7. The molecule has 136 valence electrons. The molecule has 1 aliphatic heterocycles. The summed E-state index contributed by atoms with van der Waals surface area (Å²) in [5.74, 6) is 2.93. The van der Waals surface area contributed by atoms with E-state index in [1.165, 1.54) is 6.33 Å². The Hall–Kier alpha value is -3.61. The van der Waals surface area contributed by atoms with Gasteiger partial charge in [0.15, 0.2) is 17.3 Å². The normalized spacial score (nSPS) is 11.9. The van der Waals surface area contributed by atoms with Crippen molar-refractivity contribution in [3.63, 3.8) is 0 Å². The lowest BCUT2D eigenvalue weighted by Crippen LogP contribution is -2.03. The molecule has 0 amide bonds. The molecule has 1 aliphatic rings. The summed E-state index contributed by atoms with van der Waals surface area (Å²) in [4.78, 5) is 19.8. The van der Waals surface area contributed by atoms with Crippen molar-refractivity contribution in [2.24, 2.45) is 0 Å². The Morgan fingerprint density at radius 3 is 2.59 bits per heavy atom. The Morgan fingerprint density at radius 1 is 1.00 bits per heavy atom. The Labute approximate surface area is 156 Å². The van der Waals surface area contributed by atoms with Crippen LogP contribution in [-0.4, -0.2) is 22.5 Å². The third-order valence-electron chi connectivity index (χ3n) is 4.14. The van der Waals surface area contributed by atoms with E-state index in [1.54, 1.807) is 19.1 Å². The van der Waals surface area contributed by atoms with Crippen LogP contribution >= 0.6 is 0 Å². The lowest BCUT2D eigenvalue weighted by atomic mass is 10.1. The van der Waals surface area contributed by atoms with Crippen LogP contribution in [0.15, 0.2) is 54.9 Å². The highest BCUT2D eigenvalue weighted by Gasteiger charge is 2.13. The third-order valence-corrected chi connectivity index (χ3v) is 4.14. The number of carbonyl (C=O) groups is 1. The second kappa shape index (κ2) is 7.33. The molecule has 2 N–H and O–H groups in total. The number of carbonyl (C=O) groups excluding carboxylic acids is 1. The molecule has 0 atom stereocenters. The van der Waals surface area contributed by atoms with E-state index in [1.807, 2.05) is 36.4 Å². The SMILES string of the molecule is CC(=O)c1ccc(Nc2cc(NCc3ccc4c(c3)OCO4)ncn2)cc1. The Morgan fingerprint density at radius 2 is 1.78 bits per heavy atom. The van der Waals surface area contributed by atoms with Crippen molar-refractivity contribution in [2.75, 3.05) is 17.4 Å². The first-order valence-electron chi connectivity index (χ1n) is 8.50. The van der Waals surface area contributed by atoms with Crippen molar-refractivity contribution in [3.8, 4) is 11.5 Å². The van der Waals surface area contributed by atoms with Crippen LogP contribution in [0, 0.1) is 0 Å². The molecule has 0 unspecified atom stereocenters. The van der Waals surface area contributed by atoms with E-state index in [2.05, 4.69) is 20.6 Å². The zero-order valence-electron chi connectivity index (χ0n) is 14.7. The Bertz CT molecular complexity index is 973. The van der Waals surface area contributed by atoms with Gasteiger partial charge in [-0.3, -0.25) is 4.79 Å². The monoisotopic (exact) mass is 362 g/mol. The topological polar surface area (TPSA) is 85.4 Å². The van der Waals surface area contributed by atoms with Crippen molar-refractivity contribution < 1.29 is 14.3 Å². The maximum Gasteiger partial charge on any atom is 0.231 e. The fourth-order valence-electron chi connectivity index (χ4n) is 2.70. The van der Waals surface area contributed by atoms with Crippen LogP contribution in [0.2, 0.25) is 0 Å². The van der Waals surface area contributed by atoms with Gasteiger partial charge in [0.1, 0.15) is 18.0 Å². The third kappa shape index (κ3) is 3.98. The first-order valence-corrected chi connectivity index (χ1v) is 8.50. The van der Waals surface area contributed by atoms with Gasteiger partial charge < -0.3 is 20.1 Å². The summed E-state index contributed by atoms with van der Waals surface area (Å²) in [5.41, 5.74) is 2.59. The molecule has 0 fully saturated rings. The molecular weight excluding hydrogens is 344 g/mol. The summed E-state index contributed by atoms with van der Waals surface area (Å²) in [6, 6.07) is 14.9. The van der Waals surface area contributed by atoms with Gasteiger partial charge in [-0.2, -0.15) is 0 Å².